The summed E-state index contributed by atoms with van der Waals surface area (Å²) in [5.41, 5.74) is 1.28. The van der Waals surface area contributed by atoms with Gasteiger partial charge in [0.2, 0.25) is 10.0 Å². The van der Waals surface area contributed by atoms with E-state index in [-0.39, 0.29) is 16.4 Å². The number of rotatable bonds is 7. The zero-order chi connectivity index (χ0) is 22.1. The van der Waals surface area contributed by atoms with Crippen molar-refractivity contribution in [1.29, 1.82) is 0 Å². The van der Waals surface area contributed by atoms with Gasteiger partial charge in [0.25, 0.3) is 5.91 Å². The van der Waals surface area contributed by atoms with Crippen molar-refractivity contribution in [1.82, 2.24) is 9.62 Å². The van der Waals surface area contributed by atoms with Crippen LogP contribution in [0.3, 0.4) is 0 Å². The van der Waals surface area contributed by atoms with Crippen molar-refractivity contribution >= 4 is 15.9 Å². The Morgan fingerprint density at radius 3 is 2.55 bits per heavy atom. The number of para-hydroxylation sites is 1. The van der Waals surface area contributed by atoms with Crippen LogP contribution in [-0.2, 0) is 16.4 Å². The fraction of sp³-hybridized carbons (Fsp3) is 0.435. The zero-order valence-corrected chi connectivity index (χ0v) is 18.7. The Labute approximate surface area is 183 Å². The van der Waals surface area contributed by atoms with Crippen LogP contribution in [0.2, 0.25) is 0 Å². The molecule has 1 saturated heterocycles. The van der Waals surface area contributed by atoms with Gasteiger partial charge in [-0.25, -0.2) is 8.42 Å². The monoisotopic (exact) mass is 444 g/mol. The predicted molar refractivity (Wildman–Crippen MR) is 117 cm³/mol. The summed E-state index contributed by atoms with van der Waals surface area (Å²) in [6, 6.07) is 11.9. The first-order valence-electron chi connectivity index (χ1n) is 10.6. The van der Waals surface area contributed by atoms with Crippen LogP contribution in [0.5, 0.6) is 11.5 Å². The number of amides is 1. The topological polar surface area (TPSA) is 84.9 Å². The summed E-state index contributed by atoms with van der Waals surface area (Å²) in [6.07, 6.45) is 2.61. The Morgan fingerprint density at radius 2 is 1.84 bits per heavy atom. The molecule has 166 valence electrons. The van der Waals surface area contributed by atoms with Crippen LogP contribution in [0.15, 0.2) is 47.4 Å². The van der Waals surface area contributed by atoms with E-state index in [4.69, 9.17) is 9.47 Å². The molecule has 2 aliphatic heterocycles. The molecule has 4 rings (SSSR count). The Kier molecular flexibility index (Phi) is 5.94. The maximum Gasteiger partial charge on any atom is 0.251 e. The molecule has 0 saturated carbocycles. The number of hydrogen-bond donors (Lipinski definition) is 1. The highest BCUT2D eigenvalue weighted by Gasteiger charge is 2.32. The average Bonchev–Trinajstić information content (AvgIpc) is 3.38. The van der Waals surface area contributed by atoms with Crippen LogP contribution < -0.4 is 14.8 Å². The number of sulfonamides is 1. The quantitative estimate of drug-likeness (QED) is 0.664. The molecule has 0 spiro atoms. The van der Waals surface area contributed by atoms with E-state index in [1.165, 1.54) is 16.4 Å². The van der Waals surface area contributed by atoms with Gasteiger partial charge in [0.15, 0.2) is 11.5 Å². The summed E-state index contributed by atoms with van der Waals surface area (Å²) in [5, 5.41) is 2.80. The van der Waals surface area contributed by atoms with E-state index in [0.29, 0.717) is 37.6 Å². The SMILES string of the molecule is CC1(C)Cc2cccc(OCCNC(=O)c3ccc(S(=O)(=O)N4CCCC4)cc3)c2O1. The second-order valence-corrected chi connectivity index (χ2v) is 10.5. The van der Waals surface area contributed by atoms with Gasteiger partial charge in [-0.15, -0.1) is 0 Å². The number of ether oxygens (including phenoxy) is 2. The molecular formula is C23H28N2O5S. The van der Waals surface area contributed by atoms with Gasteiger partial charge < -0.3 is 14.8 Å². The third-order valence-corrected chi connectivity index (χ3v) is 7.43. The van der Waals surface area contributed by atoms with Crippen LogP contribution in [-0.4, -0.2) is 50.5 Å². The highest BCUT2D eigenvalue weighted by atomic mass is 32.2. The standard InChI is InChI=1S/C23H28N2O5S/c1-23(2)16-18-6-5-7-20(21(18)30-23)29-15-12-24-22(26)17-8-10-19(11-9-17)31(27,28)25-13-3-4-14-25/h5-11H,3-4,12-16H2,1-2H3,(H,24,26). The van der Waals surface area contributed by atoms with E-state index >= 15 is 0 Å². The van der Waals surface area contributed by atoms with Crippen LogP contribution in [0, 0.1) is 0 Å². The Morgan fingerprint density at radius 1 is 1.13 bits per heavy atom. The highest BCUT2D eigenvalue weighted by molar-refractivity contribution is 7.89. The van der Waals surface area contributed by atoms with Gasteiger partial charge in [0.05, 0.1) is 11.4 Å². The zero-order valence-electron chi connectivity index (χ0n) is 17.9. The first-order valence-corrected chi connectivity index (χ1v) is 12.0. The van der Waals surface area contributed by atoms with Gasteiger partial charge in [-0.3, -0.25) is 4.79 Å². The number of carbonyl (C=O) groups excluding carboxylic acids is 1. The van der Waals surface area contributed by atoms with E-state index in [9.17, 15) is 13.2 Å². The molecule has 31 heavy (non-hydrogen) atoms. The second-order valence-electron chi connectivity index (χ2n) is 8.52. The second kappa shape index (κ2) is 8.51. The Hall–Kier alpha value is -2.58. The van der Waals surface area contributed by atoms with Gasteiger partial charge in [0, 0.05) is 30.6 Å². The number of fused-ring (bicyclic) bond motifs is 1. The van der Waals surface area contributed by atoms with Crippen molar-refractivity contribution in [2.24, 2.45) is 0 Å². The fourth-order valence-electron chi connectivity index (χ4n) is 3.98. The van der Waals surface area contributed by atoms with E-state index in [1.807, 2.05) is 32.0 Å². The summed E-state index contributed by atoms with van der Waals surface area (Å²) in [4.78, 5) is 12.6. The van der Waals surface area contributed by atoms with Crippen LogP contribution in [0.4, 0.5) is 0 Å². The van der Waals surface area contributed by atoms with Crippen molar-refractivity contribution in [3.63, 3.8) is 0 Å². The number of nitrogens with one attached hydrogen (secondary N) is 1. The molecule has 0 aromatic heterocycles. The molecule has 1 fully saturated rings. The third-order valence-electron chi connectivity index (χ3n) is 5.52. The summed E-state index contributed by atoms with van der Waals surface area (Å²) >= 11 is 0. The lowest BCUT2D eigenvalue weighted by Gasteiger charge is -2.18. The molecule has 0 bridgehead atoms. The lowest BCUT2D eigenvalue weighted by Crippen LogP contribution is -2.29. The molecule has 8 heteroatoms. The minimum absolute atomic E-state index is 0.218. The minimum atomic E-state index is -3.48. The van der Waals surface area contributed by atoms with Crippen molar-refractivity contribution in [3.8, 4) is 11.5 Å². The van der Waals surface area contributed by atoms with E-state index in [1.54, 1.807) is 12.1 Å². The number of nitrogens with zero attached hydrogens (tertiary/aromatic N) is 1. The van der Waals surface area contributed by atoms with E-state index in [2.05, 4.69) is 5.32 Å². The van der Waals surface area contributed by atoms with Crippen molar-refractivity contribution < 1.29 is 22.7 Å². The Bertz CT molecular complexity index is 1060. The lowest BCUT2D eigenvalue weighted by atomic mass is 10.0. The van der Waals surface area contributed by atoms with Gasteiger partial charge in [-0.05, 0) is 57.0 Å². The maximum atomic E-state index is 12.6. The van der Waals surface area contributed by atoms with Crippen molar-refractivity contribution in [2.75, 3.05) is 26.2 Å². The van der Waals surface area contributed by atoms with E-state index < -0.39 is 10.0 Å². The van der Waals surface area contributed by atoms with Crippen molar-refractivity contribution in [3.05, 3.63) is 53.6 Å². The van der Waals surface area contributed by atoms with Gasteiger partial charge in [0.1, 0.15) is 12.2 Å². The number of carbonyl (C=O) groups is 1. The largest absolute Gasteiger partial charge is 0.488 e. The molecule has 0 unspecified atom stereocenters. The van der Waals surface area contributed by atoms with Crippen LogP contribution >= 0.6 is 0 Å². The molecule has 0 atom stereocenters. The molecule has 1 amide bonds. The molecule has 2 aliphatic rings. The maximum absolute atomic E-state index is 12.6. The summed E-state index contributed by atoms with van der Waals surface area (Å²) in [7, 11) is -3.48. The highest BCUT2D eigenvalue weighted by Crippen LogP contribution is 2.41. The summed E-state index contributed by atoms with van der Waals surface area (Å²) in [6.45, 7) is 5.81. The van der Waals surface area contributed by atoms with Gasteiger partial charge in [-0.2, -0.15) is 4.31 Å². The average molecular weight is 445 g/mol. The molecule has 2 heterocycles. The Balaban J connectivity index is 1.30. The molecular weight excluding hydrogens is 416 g/mol. The molecule has 2 aromatic carbocycles. The van der Waals surface area contributed by atoms with Gasteiger partial charge in [-0.1, -0.05) is 12.1 Å². The summed E-state index contributed by atoms with van der Waals surface area (Å²) in [5.74, 6) is 1.17. The van der Waals surface area contributed by atoms with Gasteiger partial charge >= 0.3 is 0 Å². The lowest BCUT2D eigenvalue weighted by molar-refractivity contribution is 0.0946. The first-order chi connectivity index (χ1) is 14.8. The number of hydrogen-bond acceptors (Lipinski definition) is 5. The first kappa shape index (κ1) is 21.6. The predicted octanol–water partition coefficient (Wildman–Crippen LogP) is 2.99. The summed E-state index contributed by atoms with van der Waals surface area (Å²) < 4.78 is 38.5. The fourth-order valence-corrected chi connectivity index (χ4v) is 5.50. The molecule has 1 N–H and O–H groups in total. The molecule has 2 aromatic rings. The molecule has 0 radical (unpaired) electrons. The third kappa shape index (κ3) is 4.70. The normalized spacial score (nSPS) is 17.7. The van der Waals surface area contributed by atoms with Crippen molar-refractivity contribution in [2.45, 2.75) is 43.6 Å². The number of benzene rings is 2. The van der Waals surface area contributed by atoms with Crippen LogP contribution in [0.1, 0.15) is 42.6 Å². The van der Waals surface area contributed by atoms with E-state index in [0.717, 1.165) is 30.6 Å². The smallest absolute Gasteiger partial charge is 0.251 e. The molecule has 7 nitrogen and oxygen atoms in total. The van der Waals surface area contributed by atoms with Crippen LogP contribution in [0.25, 0.3) is 0 Å². The molecule has 0 aliphatic carbocycles. The minimum Gasteiger partial charge on any atom is -0.488 e.